The molecule has 6 heteroatoms. The van der Waals surface area contributed by atoms with Gasteiger partial charge in [0.2, 0.25) is 5.91 Å². The van der Waals surface area contributed by atoms with Crippen molar-refractivity contribution in [1.82, 2.24) is 10.3 Å². The molecule has 0 aromatic carbocycles. The van der Waals surface area contributed by atoms with Crippen LogP contribution in [0, 0.1) is 11.7 Å². The molecule has 20 heavy (non-hydrogen) atoms. The number of hydrogen-bond donors (Lipinski definition) is 1. The predicted octanol–water partition coefficient (Wildman–Crippen LogP) is 2.72. The molecule has 1 aromatic heterocycles. The molecule has 1 aliphatic rings. The van der Waals surface area contributed by atoms with Crippen LogP contribution in [0.15, 0.2) is 16.7 Å². The fraction of sp³-hybridized carbons (Fsp3) is 0.571. The summed E-state index contributed by atoms with van der Waals surface area (Å²) in [6, 6.07) is 1.57. The number of halogens is 2. The van der Waals surface area contributed by atoms with Gasteiger partial charge >= 0.3 is 0 Å². The van der Waals surface area contributed by atoms with E-state index in [2.05, 4.69) is 26.2 Å². The zero-order valence-electron chi connectivity index (χ0n) is 11.7. The van der Waals surface area contributed by atoms with Crippen LogP contribution in [0.5, 0.6) is 0 Å². The van der Waals surface area contributed by atoms with Crippen molar-refractivity contribution in [3.63, 3.8) is 0 Å². The Kier molecular flexibility index (Phi) is 4.96. The first-order valence-corrected chi connectivity index (χ1v) is 7.63. The van der Waals surface area contributed by atoms with Crippen LogP contribution in [0.1, 0.15) is 26.7 Å². The molecule has 0 atom stereocenters. The summed E-state index contributed by atoms with van der Waals surface area (Å²) in [5.74, 6) is 0.163. The van der Waals surface area contributed by atoms with Gasteiger partial charge in [0.05, 0.1) is 0 Å². The second-order valence-corrected chi connectivity index (χ2v) is 6.30. The zero-order valence-corrected chi connectivity index (χ0v) is 13.3. The zero-order chi connectivity index (χ0) is 14.7. The maximum absolute atomic E-state index is 13.8. The van der Waals surface area contributed by atoms with E-state index in [1.807, 2.05) is 18.7 Å². The summed E-state index contributed by atoms with van der Waals surface area (Å²) in [6.07, 6.45) is 3.06. The molecular formula is C14H19BrFN3O. The van der Waals surface area contributed by atoms with Gasteiger partial charge in [0, 0.05) is 35.7 Å². The van der Waals surface area contributed by atoms with Gasteiger partial charge in [-0.05, 0) is 48.7 Å². The minimum atomic E-state index is -0.329. The molecule has 0 spiro atoms. The van der Waals surface area contributed by atoms with Gasteiger partial charge in [-0.25, -0.2) is 9.37 Å². The van der Waals surface area contributed by atoms with Crippen molar-refractivity contribution in [2.45, 2.75) is 32.7 Å². The van der Waals surface area contributed by atoms with E-state index in [9.17, 15) is 9.18 Å². The van der Waals surface area contributed by atoms with Crippen LogP contribution in [-0.4, -0.2) is 30.0 Å². The van der Waals surface area contributed by atoms with Gasteiger partial charge < -0.3 is 10.2 Å². The molecule has 2 rings (SSSR count). The van der Waals surface area contributed by atoms with Crippen molar-refractivity contribution in [1.29, 1.82) is 0 Å². The Balaban J connectivity index is 1.95. The number of piperidine rings is 1. The molecule has 0 aliphatic carbocycles. The normalized spacial score (nSPS) is 16.6. The van der Waals surface area contributed by atoms with Gasteiger partial charge in [0.25, 0.3) is 0 Å². The van der Waals surface area contributed by atoms with Crippen LogP contribution >= 0.6 is 15.9 Å². The standard InChI is InChI=1S/C14H19BrFN3O/c1-9(2)18-14(20)10-3-5-19(6-4-10)13-12(16)7-11(15)8-17-13/h7-10H,3-6H2,1-2H3,(H,18,20). The predicted molar refractivity (Wildman–Crippen MR) is 80.1 cm³/mol. The Bertz CT molecular complexity index is 487. The number of pyridine rings is 1. The Labute approximate surface area is 126 Å². The van der Waals surface area contributed by atoms with E-state index in [1.54, 1.807) is 6.20 Å². The van der Waals surface area contributed by atoms with Gasteiger partial charge in [-0.3, -0.25) is 4.79 Å². The molecule has 0 bridgehead atoms. The summed E-state index contributed by atoms with van der Waals surface area (Å²) >= 11 is 3.20. The number of nitrogens with zero attached hydrogens (tertiary/aromatic N) is 2. The minimum absolute atomic E-state index is 0.0205. The molecule has 1 amide bonds. The van der Waals surface area contributed by atoms with E-state index in [0.29, 0.717) is 23.4 Å². The second kappa shape index (κ2) is 6.52. The third-order valence-electron chi connectivity index (χ3n) is 3.38. The molecule has 0 unspecified atom stereocenters. The lowest BCUT2D eigenvalue weighted by molar-refractivity contribution is -0.126. The number of carbonyl (C=O) groups is 1. The van der Waals surface area contributed by atoms with Crippen LogP contribution in [0.4, 0.5) is 10.2 Å². The quantitative estimate of drug-likeness (QED) is 0.917. The summed E-state index contributed by atoms with van der Waals surface area (Å²) in [6.45, 7) is 5.21. The highest BCUT2D eigenvalue weighted by atomic mass is 79.9. The molecule has 0 saturated carbocycles. The summed E-state index contributed by atoms with van der Waals surface area (Å²) in [5.41, 5.74) is 0. The average Bonchev–Trinajstić information content (AvgIpc) is 2.38. The average molecular weight is 344 g/mol. The van der Waals surface area contributed by atoms with Crippen molar-refractivity contribution in [3.05, 3.63) is 22.6 Å². The van der Waals surface area contributed by atoms with Gasteiger partial charge in [-0.1, -0.05) is 0 Å². The third kappa shape index (κ3) is 3.69. The van der Waals surface area contributed by atoms with Crippen LogP contribution in [-0.2, 0) is 4.79 Å². The van der Waals surface area contributed by atoms with Gasteiger partial charge in [0.1, 0.15) is 0 Å². The molecule has 1 aromatic rings. The van der Waals surface area contributed by atoms with E-state index in [0.717, 1.165) is 12.8 Å². The third-order valence-corrected chi connectivity index (χ3v) is 3.82. The molecule has 1 N–H and O–H groups in total. The number of aromatic nitrogens is 1. The fourth-order valence-corrected chi connectivity index (χ4v) is 2.70. The van der Waals surface area contributed by atoms with Crippen LogP contribution in [0.2, 0.25) is 0 Å². The van der Waals surface area contributed by atoms with E-state index in [4.69, 9.17) is 0 Å². The number of anilines is 1. The van der Waals surface area contributed by atoms with Crippen molar-refractivity contribution < 1.29 is 9.18 Å². The molecule has 4 nitrogen and oxygen atoms in total. The molecule has 2 heterocycles. The van der Waals surface area contributed by atoms with E-state index in [-0.39, 0.29) is 23.7 Å². The fourth-order valence-electron chi connectivity index (χ4n) is 2.40. The highest BCUT2D eigenvalue weighted by molar-refractivity contribution is 9.10. The first-order valence-electron chi connectivity index (χ1n) is 6.83. The van der Waals surface area contributed by atoms with Crippen molar-refractivity contribution in [2.24, 2.45) is 5.92 Å². The van der Waals surface area contributed by atoms with Crippen molar-refractivity contribution >= 4 is 27.7 Å². The van der Waals surface area contributed by atoms with E-state index in [1.165, 1.54) is 6.07 Å². The SMILES string of the molecule is CC(C)NC(=O)C1CCN(c2ncc(Br)cc2F)CC1. The highest BCUT2D eigenvalue weighted by Gasteiger charge is 2.27. The van der Waals surface area contributed by atoms with E-state index < -0.39 is 0 Å². The maximum atomic E-state index is 13.8. The van der Waals surface area contributed by atoms with Gasteiger partial charge in [0.15, 0.2) is 11.6 Å². The molecule has 1 saturated heterocycles. The Morgan fingerprint density at radius 3 is 2.70 bits per heavy atom. The summed E-state index contributed by atoms with van der Waals surface area (Å²) < 4.78 is 14.5. The first kappa shape index (κ1) is 15.2. The summed E-state index contributed by atoms with van der Waals surface area (Å²) in [7, 11) is 0. The lowest BCUT2D eigenvalue weighted by atomic mass is 9.95. The molecule has 0 radical (unpaired) electrons. The maximum Gasteiger partial charge on any atom is 0.223 e. The van der Waals surface area contributed by atoms with Crippen molar-refractivity contribution in [2.75, 3.05) is 18.0 Å². The largest absolute Gasteiger partial charge is 0.354 e. The monoisotopic (exact) mass is 343 g/mol. The van der Waals surface area contributed by atoms with Crippen LogP contribution < -0.4 is 10.2 Å². The number of carbonyl (C=O) groups excluding carboxylic acids is 1. The van der Waals surface area contributed by atoms with Crippen LogP contribution in [0.25, 0.3) is 0 Å². The van der Waals surface area contributed by atoms with Gasteiger partial charge in [-0.15, -0.1) is 0 Å². The molecule has 110 valence electrons. The lowest BCUT2D eigenvalue weighted by Gasteiger charge is -2.32. The molecule has 1 aliphatic heterocycles. The topological polar surface area (TPSA) is 45.2 Å². The Morgan fingerprint density at radius 1 is 1.50 bits per heavy atom. The second-order valence-electron chi connectivity index (χ2n) is 5.38. The number of hydrogen-bond acceptors (Lipinski definition) is 3. The van der Waals surface area contributed by atoms with Crippen molar-refractivity contribution in [3.8, 4) is 0 Å². The number of rotatable bonds is 3. The minimum Gasteiger partial charge on any atom is -0.354 e. The number of nitrogens with one attached hydrogen (secondary N) is 1. The summed E-state index contributed by atoms with van der Waals surface area (Å²) in [5, 5.41) is 2.93. The smallest absolute Gasteiger partial charge is 0.223 e. The Morgan fingerprint density at radius 2 is 2.15 bits per heavy atom. The molecular weight excluding hydrogens is 325 g/mol. The molecule has 1 fully saturated rings. The van der Waals surface area contributed by atoms with Gasteiger partial charge in [-0.2, -0.15) is 0 Å². The van der Waals surface area contributed by atoms with Crippen LogP contribution in [0.3, 0.4) is 0 Å². The summed E-state index contributed by atoms with van der Waals surface area (Å²) in [4.78, 5) is 18.0. The Hall–Kier alpha value is -1.17. The van der Waals surface area contributed by atoms with E-state index >= 15 is 0 Å². The highest BCUT2D eigenvalue weighted by Crippen LogP contribution is 2.25. The number of amides is 1. The first-order chi connectivity index (χ1) is 9.47. The lowest BCUT2D eigenvalue weighted by Crippen LogP contribution is -2.42.